The lowest BCUT2D eigenvalue weighted by Gasteiger charge is -2.39. The summed E-state index contributed by atoms with van der Waals surface area (Å²) in [6.07, 6.45) is -3.61. The molecule has 5 atom stereocenters. The third kappa shape index (κ3) is 4.19. The molecule has 0 radical (unpaired) electrons. The Hall–Kier alpha value is -1.77. The summed E-state index contributed by atoms with van der Waals surface area (Å²) in [5.74, 6) is 0.291. The van der Waals surface area contributed by atoms with Crippen LogP contribution in [0.25, 0.3) is 6.08 Å². The second-order valence-corrected chi connectivity index (χ2v) is 5.61. The third-order valence-electron chi connectivity index (χ3n) is 3.98. The van der Waals surface area contributed by atoms with Gasteiger partial charge in [-0.3, -0.25) is 4.79 Å². The molecule has 0 amide bonds. The molecule has 1 aliphatic rings. The van der Waals surface area contributed by atoms with E-state index < -0.39 is 37.1 Å². The van der Waals surface area contributed by atoms with Crippen molar-refractivity contribution in [1.29, 1.82) is 0 Å². The van der Waals surface area contributed by atoms with Crippen LogP contribution in [0.15, 0.2) is 30.3 Å². The Morgan fingerprint density at radius 3 is 2.50 bits per heavy atom. The lowest BCUT2D eigenvalue weighted by atomic mass is 9.92. The van der Waals surface area contributed by atoms with Crippen molar-refractivity contribution >= 4 is 11.9 Å². The number of para-hydroxylation sites is 1. The number of hydrogen-bond acceptors (Lipinski definition) is 7. The maximum Gasteiger partial charge on any atom is 0.158 e. The zero-order valence-corrected chi connectivity index (χ0v) is 13.3. The average molecular weight is 338 g/mol. The van der Waals surface area contributed by atoms with E-state index in [1.54, 1.807) is 18.2 Å². The van der Waals surface area contributed by atoms with Crippen LogP contribution in [0, 0.1) is 0 Å². The van der Waals surface area contributed by atoms with Crippen molar-refractivity contribution in [3.63, 3.8) is 0 Å². The van der Waals surface area contributed by atoms with E-state index in [1.165, 1.54) is 13.2 Å². The quantitative estimate of drug-likeness (QED) is 0.517. The molecule has 7 heteroatoms. The number of carbonyl (C=O) groups excluding carboxylic acids is 1. The Kier molecular flexibility index (Phi) is 6.47. The first-order chi connectivity index (χ1) is 11.5. The molecule has 24 heavy (non-hydrogen) atoms. The van der Waals surface area contributed by atoms with Gasteiger partial charge in [0.25, 0.3) is 0 Å². The zero-order chi connectivity index (χ0) is 17.7. The number of ketones is 1. The molecule has 1 aliphatic heterocycles. The highest BCUT2D eigenvalue weighted by molar-refractivity contribution is 5.94. The minimum Gasteiger partial charge on any atom is -0.496 e. The molecule has 4 N–H and O–H groups in total. The fraction of sp³-hybridized carbons (Fsp3) is 0.471. The molecule has 1 aromatic carbocycles. The molecule has 7 nitrogen and oxygen atoms in total. The van der Waals surface area contributed by atoms with Crippen molar-refractivity contribution < 1.29 is 34.7 Å². The molecule has 1 fully saturated rings. The van der Waals surface area contributed by atoms with Crippen LogP contribution in [0.4, 0.5) is 0 Å². The van der Waals surface area contributed by atoms with Crippen molar-refractivity contribution in [3.05, 3.63) is 35.9 Å². The van der Waals surface area contributed by atoms with Gasteiger partial charge in [0.05, 0.1) is 19.8 Å². The van der Waals surface area contributed by atoms with Crippen LogP contribution in [0.1, 0.15) is 12.0 Å². The fourth-order valence-electron chi connectivity index (χ4n) is 2.60. The van der Waals surface area contributed by atoms with Crippen LogP contribution in [0.5, 0.6) is 5.75 Å². The Balaban J connectivity index is 2.02. The van der Waals surface area contributed by atoms with Crippen molar-refractivity contribution in [1.82, 2.24) is 0 Å². The van der Waals surface area contributed by atoms with Crippen molar-refractivity contribution in [2.45, 2.75) is 36.9 Å². The van der Waals surface area contributed by atoms with Crippen LogP contribution >= 0.6 is 0 Å². The largest absolute Gasteiger partial charge is 0.496 e. The Bertz CT molecular complexity index is 584. The Morgan fingerprint density at radius 2 is 1.83 bits per heavy atom. The van der Waals surface area contributed by atoms with Gasteiger partial charge in [0, 0.05) is 12.0 Å². The molecule has 2 rings (SSSR count). The van der Waals surface area contributed by atoms with Crippen molar-refractivity contribution in [2.75, 3.05) is 13.7 Å². The van der Waals surface area contributed by atoms with Gasteiger partial charge in [0.1, 0.15) is 30.2 Å². The second kappa shape index (κ2) is 8.36. The van der Waals surface area contributed by atoms with E-state index in [0.717, 1.165) is 5.56 Å². The van der Waals surface area contributed by atoms with E-state index in [1.807, 2.05) is 12.1 Å². The van der Waals surface area contributed by atoms with Crippen LogP contribution in [-0.4, -0.2) is 70.4 Å². The lowest BCUT2D eigenvalue weighted by Crippen LogP contribution is -2.58. The van der Waals surface area contributed by atoms with Crippen LogP contribution in [0.3, 0.4) is 0 Å². The number of carbonyl (C=O) groups is 1. The summed E-state index contributed by atoms with van der Waals surface area (Å²) in [7, 11) is 1.53. The molecule has 0 saturated carbocycles. The summed E-state index contributed by atoms with van der Waals surface area (Å²) >= 11 is 0. The van der Waals surface area contributed by atoms with Gasteiger partial charge < -0.3 is 29.9 Å². The minimum absolute atomic E-state index is 0.187. The molecule has 1 saturated heterocycles. The second-order valence-electron chi connectivity index (χ2n) is 5.61. The molecule has 132 valence electrons. The van der Waals surface area contributed by atoms with Crippen molar-refractivity contribution in [3.8, 4) is 5.75 Å². The molecule has 0 bridgehead atoms. The highest BCUT2D eigenvalue weighted by Crippen LogP contribution is 2.24. The normalized spacial score (nSPS) is 30.5. The smallest absolute Gasteiger partial charge is 0.158 e. The van der Waals surface area contributed by atoms with Gasteiger partial charge in [-0.2, -0.15) is 0 Å². The standard InChI is InChI=1S/C17H22O7/c1-23-12-5-3-2-4-10(12)6-7-11(19)8-13-15(20)17(22)16(21)14(9-18)24-13/h2-7,13-18,20-22H,8-9H2,1H3/b7-6+/t13-,14+,15-,16+,17+/m0/s1. The summed E-state index contributed by atoms with van der Waals surface area (Å²) in [6, 6.07) is 7.18. The van der Waals surface area contributed by atoms with Crippen LogP contribution in [-0.2, 0) is 9.53 Å². The average Bonchev–Trinajstić information content (AvgIpc) is 2.60. The molecule has 1 aromatic rings. The molecule has 0 aromatic heterocycles. The predicted octanol–water partition coefficient (Wildman–Crippen LogP) is -0.490. The van der Waals surface area contributed by atoms with E-state index in [9.17, 15) is 20.1 Å². The third-order valence-corrected chi connectivity index (χ3v) is 3.98. The number of hydrogen-bond donors (Lipinski definition) is 4. The van der Waals surface area contributed by atoms with Gasteiger partial charge in [-0.25, -0.2) is 0 Å². The number of benzene rings is 1. The van der Waals surface area contributed by atoms with E-state index in [4.69, 9.17) is 14.6 Å². The van der Waals surface area contributed by atoms with Gasteiger partial charge in [0.15, 0.2) is 5.78 Å². The van der Waals surface area contributed by atoms with Gasteiger partial charge >= 0.3 is 0 Å². The number of ether oxygens (including phenoxy) is 2. The highest BCUT2D eigenvalue weighted by atomic mass is 16.5. The highest BCUT2D eigenvalue weighted by Gasteiger charge is 2.43. The maximum absolute atomic E-state index is 12.1. The van der Waals surface area contributed by atoms with Crippen molar-refractivity contribution in [2.24, 2.45) is 0 Å². The molecule has 1 heterocycles. The summed E-state index contributed by atoms with van der Waals surface area (Å²) < 4.78 is 10.5. The van der Waals surface area contributed by atoms with Crippen LogP contribution in [0.2, 0.25) is 0 Å². The number of aliphatic hydroxyl groups excluding tert-OH is 4. The zero-order valence-electron chi connectivity index (χ0n) is 13.3. The Labute approximate surface area is 139 Å². The van der Waals surface area contributed by atoms with Gasteiger partial charge in [-0.1, -0.05) is 18.2 Å². The first kappa shape index (κ1) is 18.6. The maximum atomic E-state index is 12.1. The first-order valence-electron chi connectivity index (χ1n) is 7.62. The van der Waals surface area contributed by atoms with E-state index in [-0.39, 0.29) is 12.2 Å². The predicted molar refractivity (Wildman–Crippen MR) is 85.4 cm³/mol. The number of allylic oxidation sites excluding steroid dienone is 1. The monoisotopic (exact) mass is 338 g/mol. The molecular weight excluding hydrogens is 316 g/mol. The lowest BCUT2D eigenvalue weighted by molar-refractivity contribution is -0.229. The van der Waals surface area contributed by atoms with E-state index in [0.29, 0.717) is 5.75 Å². The van der Waals surface area contributed by atoms with Gasteiger partial charge in [-0.15, -0.1) is 0 Å². The minimum atomic E-state index is -1.48. The number of methoxy groups -OCH3 is 1. The summed E-state index contributed by atoms with van der Waals surface area (Å²) in [6.45, 7) is -0.521. The van der Waals surface area contributed by atoms with Gasteiger partial charge in [-0.05, 0) is 18.2 Å². The number of aliphatic hydroxyl groups is 4. The van der Waals surface area contributed by atoms with E-state index >= 15 is 0 Å². The fourth-order valence-corrected chi connectivity index (χ4v) is 2.60. The molecule has 0 aliphatic carbocycles. The van der Waals surface area contributed by atoms with Crippen LogP contribution < -0.4 is 4.74 Å². The van der Waals surface area contributed by atoms with Gasteiger partial charge in [0.2, 0.25) is 0 Å². The SMILES string of the molecule is COc1ccccc1/C=C/C(=O)C[C@@H]1O[C@H](CO)[C@@H](O)[C@H](O)[C@H]1O. The number of rotatable bonds is 6. The first-order valence-corrected chi connectivity index (χ1v) is 7.62. The molecular formula is C17H22O7. The summed E-state index contributed by atoms with van der Waals surface area (Å²) in [5, 5.41) is 38.5. The molecule has 0 spiro atoms. The summed E-state index contributed by atoms with van der Waals surface area (Å²) in [4.78, 5) is 12.1. The Morgan fingerprint density at radius 1 is 1.17 bits per heavy atom. The summed E-state index contributed by atoms with van der Waals surface area (Å²) in [5.41, 5.74) is 0.724. The molecule has 0 unspecified atom stereocenters. The topological polar surface area (TPSA) is 116 Å². The van der Waals surface area contributed by atoms with E-state index in [2.05, 4.69) is 0 Å².